The van der Waals surface area contributed by atoms with Gasteiger partial charge in [0, 0.05) is 37.8 Å². The molecule has 1 aliphatic carbocycles. The first-order valence-corrected chi connectivity index (χ1v) is 16.2. The van der Waals surface area contributed by atoms with Crippen LogP contribution in [0.2, 0.25) is 0 Å². The van der Waals surface area contributed by atoms with E-state index in [1.165, 1.54) is 11.3 Å². The molecule has 0 unspecified atom stereocenters. The number of piperidine rings is 1. The maximum absolute atomic E-state index is 13.8. The van der Waals surface area contributed by atoms with Gasteiger partial charge < -0.3 is 21.3 Å². The zero-order chi connectivity index (χ0) is 31.2. The minimum Gasteiger partial charge on any atom is -0.504 e. The molecule has 5 heterocycles. The number of aryl methyl sites for hydroxylation is 2. The molecule has 3 aromatic rings. The molecule has 2 aliphatic heterocycles. The van der Waals surface area contributed by atoms with Gasteiger partial charge in [0.2, 0.25) is 0 Å². The van der Waals surface area contributed by atoms with Gasteiger partial charge in [-0.1, -0.05) is 26.8 Å². The fourth-order valence-corrected chi connectivity index (χ4v) is 7.00. The maximum Gasteiger partial charge on any atom is 0.178 e. The van der Waals surface area contributed by atoms with E-state index < -0.39 is 0 Å². The second-order valence-electron chi connectivity index (χ2n) is 14.2. The van der Waals surface area contributed by atoms with E-state index in [0.29, 0.717) is 41.7 Å². The van der Waals surface area contributed by atoms with Gasteiger partial charge in [0.05, 0.1) is 28.9 Å². The number of aromatic nitrogens is 4. The molecule has 0 aromatic carbocycles. The first-order valence-electron chi connectivity index (χ1n) is 16.2. The summed E-state index contributed by atoms with van der Waals surface area (Å²) in [6.07, 6.45) is 8.04. The lowest BCUT2D eigenvalue weighted by Crippen LogP contribution is -2.37. The number of aromatic hydroxyl groups is 1. The zero-order valence-electron chi connectivity index (χ0n) is 27.5. The highest BCUT2D eigenvalue weighted by molar-refractivity contribution is 6.41. The summed E-state index contributed by atoms with van der Waals surface area (Å²) in [6, 6.07) is 6.13. The largest absolute Gasteiger partial charge is 0.504 e. The monoisotopic (exact) mass is 615 g/mol. The quantitative estimate of drug-likeness (QED) is 0.300. The van der Waals surface area contributed by atoms with Crippen LogP contribution in [0, 0.1) is 25.2 Å². The molecule has 10 heteroatoms. The van der Waals surface area contributed by atoms with Crippen LogP contribution in [0.15, 0.2) is 29.4 Å². The summed E-state index contributed by atoms with van der Waals surface area (Å²) in [5.41, 5.74) is 7.34. The molecule has 0 amide bonds. The summed E-state index contributed by atoms with van der Waals surface area (Å²) < 4.78 is 1.65. The van der Waals surface area contributed by atoms with Crippen molar-refractivity contribution in [3.05, 3.63) is 58.3 Å². The number of pyridine rings is 2. The van der Waals surface area contributed by atoms with Crippen LogP contribution in [0.25, 0.3) is 5.82 Å². The number of aliphatic hydroxyl groups excluding tert-OH is 1. The number of carbonyl (C=O) groups excluding carboxylic acids is 1. The molecule has 0 saturated carbocycles. The number of aliphatic imine (C=N–C) groups is 1. The van der Waals surface area contributed by atoms with E-state index in [9.17, 15) is 15.0 Å². The third-order valence-corrected chi connectivity index (χ3v) is 10.1. The Morgan fingerprint density at radius 2 is 1.87 bits per heavy atom. The maximum atomic E-state index is 13.8. The summed E-state index contributed by atoms with van der Waals surface area (Å²) >= 11 is 0. The van der Waals surface area contributed by atoms with E-state index >= 15 is 0 Å². The lowest BCUT2D eigenvalue weighted by molar-refractivity contribution is -0.113. The lowest BCUT2D eigenvalue weighted by Gasteiger charge is -2.34. The van der Waals surface area contributed by atoms with Gasteiger partial charge in [0.1, 0.15) is 5.69 Å². The highest BCUT2D eigenvalue weighted by atomic mass is 16.3. The predicted molar refractivity (Wildman–Crippen MR) is 176 cm³/mol. The second-order valence-corrected chi connectivity index (χ2v) is 14.2. The van der Waals surface area contributed by atoms with Gasteiger partial charge in [0.25, 0.3) is 0 Å². The summed E-state index contributed by atoms with van der Waals surface area (Å²) in [4.78, 5) is 30.7. The number of Topliss-reactive ketones (excluding diaryl/α,β-unsaturated/α-hetero) is 1. The van der Waals surface area contributed by atoms with Crippen molar-refractivity contribution in [3.63, 3.8) is 0 Å². The van der Waals surface area contributed by atoms with Crippen molar-refractivity contribution in [1.29, 1.82) is 0 Å². The van der Waals surface area contributed by atoms with Crippen molar-refractivity contribution in [2.24, 2.45) is 16.3 Å². The highest BCUT2D eigenvalue weighted by Gasteiger charge is 2.32. The van der Waals surface area contributed by atoms with Crippen molar-refractivity contribution in [1.82, 2.24) is 30.8 Å². The number of rotatable bonds is 8. The van der Waals surface area contributed by atoms with Gasteiger partial charge in [0.15, 0.2) is 17.4 Å². The molecule has 242 valence electrons. The lowest BCUT2D eigenvalue weighted by atomic mass is 9.71. The van der Waals surface area contributed by atoms with Crippen molar-refractivity contribution in [3.8, 4) is 11.6 Å². The van der Waals surface area contributed by atoms with Gasteiger partial charge in [-0.25, -0.2) is 14.7 Å². The Bertz CT molecular complexity index is 1560. The number of ketones is 1. The molecule has 2 atom stereocenters. The van der Waals surface area contributed by atoms with E-state index in [1.54, 1.807) is 11.6 Å². The summed E-state index contributed by atoms with van der Waals surface area (Å²) in [7, 11) is 0. The van der Waals surface area contributed by atoms with E-state index in [4.69, 9.17) is 9.98 Å². The van der Waals surface area contributed by atoms with Crippen LogP contribution in [-0.2, 0) is 24.1 Å². The molecule has 6 rings (SSSR count). The van der Waals surface area contributed by atoms with Crippen LogP contribution in [0.4, 0.5) is 5.69 Å². The zero-order valence-corrected chi connectivity index (χ0v) is 27.5. The number of hydrogen-bond donors (Lipinski definition) is 3. The molecule has 5 N–H and O–H groups in total. The van der Waals surface area contributed by atoms with Crippen molar-refractivity contribution < 1.29 is 15.0 Å². The molecule has 1 fully saturated rings. The summed E-state index contributed by atoms with van der Waals surface area (Å²) in [5.74, 6) is 1.47. The van der Waals surface area contributed by atoms with Crippen molar-refractivity contribution >= 4 is 17.2 Å². The molecule has 0 bridgehead atoms. The first kappa shape index (κ1) is 32.9. The van der Waals surface area contributed by atoms with Gasteiger partial charge >= 0.3 is 0 Å². The standard InChI is InChI=1S/C35H46N6O3.H3N/c1-21-34(44)22(2)41(39-21)33-9-6-24(20-36-33)23(10-13-40-14-11-27(42)12-15-40)18-32(43)31-19-30-29(38-31)17-25-16-26(35(3,4)5)7-8-28(25)37-30;/h6,9,17,20,23,26-27,42,44H,7-8,10-16,18-19H2,1-5H3;1H3/t23-,26-;/m0./s1. The number of aliphatic hydroxyl groups is 1. The Labute approximate surface area is 266 Å². The molecule has 3 aromatic heterocycles. The van der Waals surface area contributed by atoms with Crippen LogP contribution in [-0.4, -0.2) is 72.1 Å². The summed E-state index contributed by atoms with van der Waals surface area (Å²) in [5, 5.41) is 24.6. The van der Waals surface area contributed by atoms with Crippen LogP contribution in [0.1, 0.15) is 92.7 Å². The molecular weight excluding hydrogens is 566 g/mol. The smallest absolute Gasteiger partial charge is 0.178 e. The average molecular weight is 616 g/mol. The average Bonchev–Trinajstić information content (AvgIpc) is 3.53. The molecule has 10 nitrogen and oxygen atoms in total. The van der Waals surface area contributed by atoms with Crippen LogP contribution < -0.4 is 6.15 Å². The predicted octanol–water partition coefficient (Wildman–Crippen LogP) is 5.52. The topological polar surface area (TPSA) is 152 Å². The third kappa shape index (κ3) is 7.03. The normalized spacial score (nSPS) is 19.4. The number of likely N-dealkylation sites (tertiary alicyclic amines) is 1. The summed E-state index contributed by atoms with van der Waals surface area (Å²) in [6.45, 7) is 13.1. The number of fused-ring (bicyclic) bond motifs is 2. The highest BCUT2D eigenvalue weighted by Crippen LogP contribution is 2.39. The molecule has 0 radical (unpaired) electrons. The Balaban J connectivity index is 0.00000400. The van der Waals surface area contributed by atoms with E-state index in [1.807, 2.05) is 25.3 Å². The molecule has 0 spiro atoms. The van der Waals surface area contributed by atoms with E-state index in [2.05, 4.69) is 41.8 Å². The number of carbonyl (C=O) groups is 1. The fraction of sp³-hybridized carbons (Fsp3) is 0.571. The van der Waals surface area contributed by atoms with E-state index in [0.717, 1.165) is 75.1 Å². The molecule has 3 aliphatic rings. The third-order valence-electron chi connectivity index (χ3n) is 10.1. The second kappa shape index (κ2) is 13.1. The van der Waals surface area contributed by atoms with Gasteiger partial charge in [-0.05, 0) is 99.4 Å². The minimum atomic E-state index is -0.213. The van der Waals surface area contributed by atoms with Gasteiger partial charge in [-0.15, -0.1) is 0 Å². The van der Waals surface area contributed by atoms with Crippen LogP contribution >= 0.6 is 0 Å². The molecule has 45 heavy (non-hydrogen) atoms. The Morgan fingerprint density at radius 3 is 2.51 bits per heavy atom. The number of nitrogens with zero attached hydrogens (tertiary/aromatic N) is 6. The van der Waals surface area contributed by atoms with Crippen molar-refractivity contribution in [2.75, 3.05) is 19.6 Å². The Morgan fingerprint density at radius 1 is 1.11 bits per heavy atom. The van der Waals surface area contributed by atoms with E-state index in [-0.39, 0.29) is 35.1 Å². The Hall–Kier alpha value is -3.47. The van der Waals surface area contributed by atoms with Crippen molar-refractivity contribution in [2.45, 2.75) is 98.0 Å². The Kier molecular flexibility index (Phi) is 9.58. The first-order chi connectivity index (χ1) is 21.0. The SMILES string of the molecule is Cc1nn(-c2ccc([C@@H](CCN3CCC(O)CC3)CC(=O)C3=Nc4cc5c(nc4C3)CC[C@H](C(C)(C)C)C5)cn2)c(C)c1O.N. The van der Waals surface area contributed by atoms with Gasteiger partial charge in [-0.3, -0.25) is 9.78 Å². The van der Waals surface area contributed by atoms with Crippen LogP contribution in [0.3, 0.4) is 0 Å². The van der Waals surface area contributed by atoms with Gasteiger partial charge in [-0.2, -0.15) is 5.10 Å². The fourth-order valence-electron chi connectivity index (χ4n) is 7.00. The number of hydrogen-bond acceptors (Lipinski definition) is 9. The minimum absolute atomic E-state index is 0. The molecule has 1 saturated heterocycles. The molecular formula is C35H49N7O3. The van der Waals surface area contributed by atoms with Crippen LogP contribution in [0.5, 0.6) is 5.75 Å².